The van der Waals surface area contributed by atoms with E-state index in [2.05, 4.69) is 6.92 Å². The lowest BCUT2D eigenvalue weighted by Crippen LogP contribution is -2.08. The normalized spacial score (nSPS) is 12.5. The number of hydrogen-bond donors (Lipinski definition) is 2. The van der Waals surface area contributed by atoms with Crippen LogP contribution in [0.4, 0.5) is 0 Å². The van der Waals surface area contributed by atoms with E-state index >= 15 is 0 Å². The molecule has 0 fully saturated rings. The molecule has 1 aromatic rings. The van der Waals surface area contributed by atoms with Crippen LogP contribution in [-0.2, 0) is 0 Å². The van der Waals surface area contributed by atoms with Gasteiger partial charge in [-0.2, -0.15) is 0 Å². The van der Waals surface area contributed by atoms with E-state index in [9.17, 15) is 4.79 Å². The zero-order valence-corrected chi connectivity index (χ0v) is 10.1. The van der Waals surface area contributed by atoms with Crippen molar-refractivity contribution in [3.8, 4) is 0 Å². The molecule has 0 spiro atoms. The Hall–Kier alpha value is -1.35. The van der Waals surface area contributed by atoms with Crippen LogP contribution in [0.3, 0.4) is 0 Å². The van der Waals surface area contributed by atoms with Gasteiger partial charge in [0.1, 0.15) is 0 Å². The predicted octanol–water partition coefficient (Wildman–Crippen LogP) is 2.45. The Bertz CT molecular complexity index is 399. The molecule has 88 valence electrons. The smallest absolute Gasteiger partial charge is 0.335 e. The fourth-order valence-electron chi connectivity index (χ4n) is 1.93. The minimum absolute atomic E-state index is 0.308. The predicted molar refractivity (Wildman–Crippen MR) is 65.0 cm³/mol. The molecule has 0 amide bonds. The molecule has 0 saturated heterocycles. The first-order valence-corrected chi connectivity index (χ1v) is 5.51. The summed E-state index contributed by atoms with van der Waals surface area (Å²) in [6.45, 7) is 6.68. The van der Waals surface area contributed by atoms with Crippen molar-refractivity contribution >= 4 is 5.97 Å². The molecule has 0 radical (unpaired) electrons. The maximum atomic E-state index is 11.0. The maximum absolute atomic E-state index is 11.0. The van der Waals surface area contributed by atoms with Crippen molar-refractivity contribution in [3.63, 3.8) is 0 Å². The lowest BCUT2D eigenvalue weighted by molar-refractivity contribution is 0.0696. The van der Waals surface area contributed by atoms with Gasteiger partial charge in [0.15, 0.2) is 0 Å². The molecule has 1 rings (SSSR count). The van der Waals surface area contributed by atoms with Crippen LogP contribution < -0.4 is 5.73 Å². The zero-order valence-electron chi connectivity index (χ0n) is 10.1. The molecular weight excluding hydrogens is 202 g/mol. The van der Waals surface area contributed by atoms with Crippen LogP contribution in [0.2, 0.25) is 0 Å². The van der Waals surface area contributed by atoms with E-state index in [4.69, 9.17) is 10.8 Å². The number of carboxylic acid groups (broad SMARTS) is 1. The molecule has 0 aliphatic rings. The Morgan fingerprint density at radius 3 is 2.56 bits per heavy atom. The van der Waals surface area contributed by atoms with E-state index in [1.165, 1.54) is 5.56 Å². The van der Waals surface area contributed by atoms with E-state index in [0.29, 0.717) is 18.0 Å². The topological polar surface area (TPSA) is 63.3 Å². The van der Waals surface area contributed by atoms with Crippen LogP contribution in [0.25, 0.3) is 0 Å². The zero-order chi connectivity index (χ0) is 12.3. The summed E-state index contributed by atoms with van der Waals surface area (Å²) in [4.78, 5) is 11.0. The average molecular weight is 221 g/mol. The van der Waals surface area contributed by atoms with Gasteiger partial charge >= 0.3 is 5.97 Å². The summed E-state index contributed by atoms with van der Waals surface area (Å²) < 4.78 is 0. The third-order valence-electron chi connectivity index (χ3n) is 3.09. The SMILES string of the molecule is Cc1cc(C(=O)O)cc(C(C)CCN)c1C. The van der Waals surface area contributed by atoms with Crippen molar-refractivity contribution < 1.29 is 9.90 Å². The van der Waals surface area contributed by atoms with Crippen molar-refractivity contribution in [2.75, 3.05) is 6.54 Å². The highest BCUT2D eigenvalue weighted by molar-refractivity contribution is 5.88. The molecule has 0 heterocycles. The van der Waals surface area contributed by atoms with Crippen molar-refractivity contribution in [1.82, 2.24) is 0 Å². The van der Waals surface area contributed by atoms with E-state index in [0.717, 1.165) is 17.5 Å². The number of rotatable bonds is 4. The van der Waals surface area contributed by atoms with Crippen LogP contribution in [0.5, 0.6) is 0 Å². The molecule has 0 bridgehead atoms. The number of aryl methyl sites for hydroxylation is 1. The Morgan fingerprint density at radius 1 is 1.44 bits per heavy atom. The second-order valence-electron chi connectivity index (χ2n) is 4.29. The van der Waals surface area contributed by atoms with Gasteiger partial charge in [-0.3, -0.25) is 0 Å². The van der Waals surface area contributed by atoms with Crippen LogP contribution >= 0.6 is 0 Å². The van der Waals surface area contributed by atoms with Gasteiger partial charge in [-0.15, -0.1) is 0 Å². The number of carboxylic acids is 1. The molecule has 1 atom stereocenters. The summed E-state index contributed by atoms with van der Waals surface area (Å²) in [5.41, 5.74) is 9.20. The summed E-state index contributed by atoms with van der Waals surface area (Å²) >= 11 is 0. The Morgan fingerprint density at radius 2 is 2.06 bits per heavy atom. The van der Waals surface area contributed by atoms with Crippen LogP contribution in [0.15, 0.2) is 12.1 Å². The molecule has 3 heteroatoms. The third-order valence-corrected chi connectivity index (χ3v) is 3.09. The van der Waals surface area contributed by atoms with Gasteiger partial charge in [0.05, 0.1) is 5.56 Å². The van der Waals surface area contributed by atoms with Gasteiger partial charge in [0.2, 0.25) is 0 Å². The highest BCUT2D eigenvalue weighted by Crippen LogP contribution is 2.26. The van der Waals surface area contributed by atoms with Crippen molar-refractivity contribution in [3.05, 3.63) is 34.4 Å². The highest BCUT2D eigenvalue weighted by atomic mass is 16.4. The third kappa shape index (κ3) is 2.61. The number of benzene rings is 1. The first kappa shape index (κ1) is 12.7. The Balaban J connectivity index is 3.21. The molecule has 3 N–H and O–H groups in total. The Labute approximate surface area is 96.3 Å². The fraction of sp³-hybridized carbons (Fsp3) is 0.462. The van der Waals surface area contributed by atoms with Crippen molar-refractivity contribution in [2.24, 2.45) is 5.73 Å². The van der Waals surface area contributed by atoms with Crippen LogP contribution in [0, 0.1) is 13.8 Å². The van der Waals surface area contributed by atoms with Gasteiger partial charge in [-0.25, -0.2) is 4.79 Å². The van der Waals surface area contributed by atoms with E-state index in [-0.39, 0.29) is 0 Å². The lowest BCUT2D eigenvalue weighted by atomic mass is 9.89. The van der Waals surface area contributed by atoms with Crippen molar-refractivity contribution in [1.29, 1.82) is 0 Å². The molecule has 0 aliphatic carbocycles. The number of nitrogens with two attached hydrogens (primary N) is 1. The van der Waals surface area contributed by atoms with Gasteiger partial charge in [0, 0.05) is 0 Å². The van der Waals surface area contributed by atoms with E-state index in [1.807, 2.05) is 13.8 Å². The molecule has 0 aliphatic heterocycles. The average Bonchev–Trinajstić information content (AvgIpc) is 2.21. The summed E-state index contributed by atoms with van der Waals surface area (Å²) in [6.07, 6.45) is 0.878. The lowest BCUT2D eigenvalue weighted by Gasteiger charge is -2.16. The number of carbonyl (C=O) groups is 1. The highest BCUT2D eigenvalue weighted by Gasteiger charge is 2.13. The summed E-state index contributed by atoms with van der Waals surface area (Å²) in [6, 6.07) is 3.49. The minimum Gasteiger partial charge on any atom is -0.478 e. The van der Waals surface area contributed by atoms with Gasteiger partial charge in [-0.05, 0) is 61.6 Å². The van der Waals surface area contributed by atoms with Crippen LogP contribution in [0.1, 0.15) is 46.3 Å². The van der Waals surface area contributed by atoms with Gasteiger partial charge < -0.3 is 10.8 Å². The molecular formula is C13H19NO2. The first-order chi connectivity index (χ1) is 7.47. The number of aromatic carboxylic acids is 1. The van der Waals surface area contributed by atoms with E-state index < -0.39 is 5.97 Å². The molecule has 0 saturated carbocycles. The first-order valence-electron chi connectivity index (χ1n) is 5.51. The standard InChI is InChI=1S/C13H19NO2/c1-8(4-5-14)12-7-11(13(15)16)6-9(2)10(12)3/h6-8H,4-5,14H2,1-3H3,(H,15,16). The molecule has 0 aromatic heterocycles. The second-order valence-corrected chi connectivity index (χ2v) is 4.29. The molecule has 1 unspecified atom stereocenters. The summed E-state index contributed by atoms with van der Waals surface area (Å²) in [5.74, 6) is -0.563. The van der Waals surface area contributed by atoms with Crippen LogP contribution in [-0.4, -0.2) is 17.6 Å². The summed E-state index contributed by atoms with van der Waals surface area (Å²) in [7, 11) is 0. The molecule has 16 heavy (non-hydrogen) atoms. The number of hydrogen-bond acceptors (Lipinski definition) is 2. The quantitative estimate of drug-likeness (QED) is 0.820. The largest absolute Gasteiger partial charge is 0.478 e. The van der Waals surface area contributed by atoms with Gasteiger partial charge in [-0.1, -0.05) is 6.92 Å². The molecule has 1 aromatic carbocycles. The molecule has 3 nitrogen and oxygen atoms in total. The fourth-order valence-corrected chi connectivity index (χ4v) is 1.93. The van der Waals surface area contributed by atoms with Crippen molar-refractivity contribution in [2.45, 2.75) is 33.1 Å². The summed E-state index contributed by atoms with van der Waals surface area (Å²) in [5, 5.41) is 9.01. The second kappa shape index (κ2) is 5.12. The van der Waals surface area contributed by atoms with Gasteiger partial charge in [0.25, 0.3) is 0 Å². The minimum atomic E-state index is -0.871. The maximum Gasteiger partial charge on any atom is 0.335 e. The Kier molecular flexibility index (Phi) is 4.07. The monoisotopic (exact) mass is 221 g/mol. The van der Waals surface area contributed by atoms with E-state index in [1.54, 1.807) is 12.1 Å².